The number of pyridine rings is 1. The first-order chi connectivity index (χ1) is 15.2. The molecule has 4 rings (SSSR count). The second-order valence-electron chi connectivity index (χ2n) is 7.63. The number of alkyl halides is 3. The van der Waals surface area contributed by atoms with Gasteiger partial charge >= 0.3 is 6.36 Å². The van der Waals surface area contributed by atoms with E-state index in [0.29, 0.717) is 34.5 Å². The molecule has 6 nitrogen and oxygen atoms in total. The lowest BCUT2D eigenvalue weighted by Gasteiger charge is -2.18. The molecule has 0 N–H and O–H groups in total. The summed E-state index contributed by atoms with van der Waals surface area (Å²) in [5, 5.41) is 4.73. The molecule has 1 unspecified atom stereocenters. The van der Waals surface area contributed by atoms with Crippen molar-refractivity contribution in [3.8, 4) is 17.3 Å². The second-order valence-corrected chi connectivity index (χ2v) is 8.07. The Balaban J connectivity index is 1.71. The van der Waals surface area contributed by atoms with Crippen molar-refractivity contribution in [2.45, 2.75) is 39.5 Å². The number of ether oxygens (including phenoxy) is 1. The SMILES string of the molecule is CCc1nc2ccc(Cl)cn2c1-c1nc(C(c2ccc(OC(F)(F)F)cc2)C(C)C)no1. The van der Waals surface area contributed by atoms with Gasteiger partial charge in [-0.3, -0.25) is 4.40 Å². The van der Waals surface area contributed by atoms with Crippen LogP contribution in [0.2, 0.25) is 5.02 Å². The fourth-order valence-electron chi connectivity index (χ4n) is 3.71. The molecule has 0 saturated heterocycles. The molecule has 0 bridgehead atoms. The number of halogens is 4. The summed E-state index contributed by atoms with van der Waals surface area (Å²) in [6.45, 7) is 5.93. The molecular weight excluding hydrogens is 445 g/mol. The van der Waals surface area contributed by atoms with Gasteiger partial charge in [-0.15, -0.1) is 13.2 Å². The van der Waals surface area contributed by atoms with Crippen LogP contribution in [0.1, 0.15) is 43.8 Å². The van der Waals surface area contributed by atoms with Gasteiger partial charge in [0.15, 0.2) is 5.82 Å². The number of aromatic nitrogens is 4. The predicted molar refractivity (Wildman–Crippen MR) is 113 cm³/mol. The Morgan fingerprint density at radius 1 is 1.09 bits per heavy atom. The highest BCUT2D eigenvalue weighted by atomic mass is 35.5. The van der Waals surface area contributed by atoms with Crippen LogP contribution in [0.5, 0.6) is 5.75 Å². The normalized spacial score (nSPS) is 13.1. The van der Waals surface area contributed by atoms with E-state index >= 15 is 0 Å². The van der Waals surface area contributed by atoms with Crippen molar-refractivity contribution in [1.29, 1.82) is 0 Å². The maximum Gasteiger partial charge on any atom is 0.573 e. The largest absolute Gasteiger partial charge is 0.573 e. The third-order valence-electron chi connectivity index (χ3n) is 5.05. The van der Waals surface area contributed by atoms with Crippen molar-refractivity contribution >= 4 is 17.2 Å². The maximum absolute atomic E-state index is 12.5. The first-order valence-corrected chi connectivity index (χ1v) is 10.4. The molecule has 1 aromatic carbocycles. The molecule has 4 aromatic rings. The van der Waals surface area contributed by atoms with Crippen LogP contribution in [0.3, 0.4) is 0 Å². The Morgan fingerprint density at radius 3 is 2.44 bits per heavy atom. The average Bonchev–Trinajstić information content (AvgIpc) is 3.32. The van der Waals surface area contributed by atoms with E-state index in [-0.39, 0.29) is 17.6 Å². The third kappa shape index (κ3) is 4.43. The van der Waals surface area contributed by atoms with Crippen molar-refractivity contribution in [3.05, 3.63) is 64.7 Å². The van der Waals surface area contributed by atoms with Gasteiger partial charge in [0, 0.05) is 12.1 Å². The minimum absolute atomic E-state index is 0.0529. The number of hydrogen-bond acceptors (Lipinski definition) is 5. The summed E-state index contributed by atoms with van der Waals surface area (Å²) in [7, 11) is 0. The number of fused-ring (bicyclic) bond motifs is 1. The number of benzene rings is 1. The van der Waals surface area contributed by atoms with Crippen LogP contribution in [-0.2, 0) is 6.42 Å². The lowest BCUT2D eigenvalue weighted by Crippen LogP contribution is -2.17. The second kappa shape index (κ2) is 8.46. The Bertz CT molecular complexity index is 1230. The lowest BCUT2D eigenvalue weighted by molar-refractivity contribution is -0.274. The summed E-state index contributed by atoms with van der Waals surface area (Å²) in [6.07, 6.45) is -2.35. The monoisotopic (exact) mass is 464 g/mol. The van der Waals surface area contributed by atoms with Gasteiger partial charge in [-0.2, -0.15) is 4.98 Å². The smallest absolute Gasteiger partial charge is 0.406 e. The summed E-state index contributed by atoms with van der Waals surface area (Å²) in [4.78, 5) is 9.23. The van der Waals surface area contributed by atoms with E-state index in [2.05, 4.69) is 19.9 Å². The Kier molecular flexibility index (Phi) is 5.85. The summed E-state index contributed by atoms with van der Waals surface area (Å²) < 4.78 is 48.8. The molecule has 0 amide bonds. The van der Waals surface area contributed by atoms with E-state index < -0.39 is 6.36 Å². The van der Waals surface area contributed by atoms with Crippen molar-refractivity contribution < 1.29 is 22.4 Å². The van der Waals surface area contributed by atoms with Gasteiger partial charge in [-0.05, 0) is 42.2 Å². The molecule has 0 saturated carbocycles. The third-order valence-corrected chi connectivity index (χ3v) is 5.28. The van der Waals surface area contributed by atoms with Crippen molar-refractivity contribution in [3.63, 3.8) is 0 Å². The summed E-state index contributed by atoms with van der Waals surface area (Å²) in [5.74, 6) is 0.206. The van der Waals surface area contributed by atoms with Gasteiger partial charge in [-0.1, -0.05) is 49.7 Å². The van der Waals surface area contributed by atoms with Crippen molar-refractivity contribution in [1.82, 2.24) is 19.5 Å². The van der Waals surface area contributed by atoms with Crippen molar-refractivity contribution in [2.24, 2.45) is 5.92 Å². The standard InChI is InChI=1S/C22H20ClF3N4O2/c1-4-16-19(30-11-14(23)7-10-17(30)27-16)21-28-20(29-32-21)18(12(2)3)13-5-8-15(9-6-13)31-22(24,25)26/h5-12,18H,4H2,1-3H3. The summed E-state index contributed by atoms with van der Waals surface area (Å²) >= 11 is 6.16. The highest BCUT2D eigenvalue weighted by molar-refractivity contribution is 6.30. The highest BCUT2D eigenvalue weighted by Gasteiger charge is 2.31. The highest BCUT2D eigenvalue weighted by Crippen LogP contribution is 2.34. The minimum Gasteiger partial charge on any atom is -0.406 e. The van der Waals surface area contributed by atoms with Crippen LogP contribution >= 0.6 is 11.6 Å². The Morgan fingerprint density at radius 2 is 1.81 bits per heavy atom. The van der Waals surface area contributed by atoms with E-state index in [9.17, 15) is 13.2 Å². The molecule has 3 heterocycles. The molecule has 168 valence electrons. The number of hydrogen-bond donors (Lipinski definition) is 0. The fourth-order valence-corrected chi connectivity index (χ4v) is 3.87. The van der Waals surface area contributed by atoms with Crippen LogP contribution in [-0.4, -0.2) is 25.9 Å². The molecule has 0 fully saturated rings. The average molecular weight is 465 g/mol. The first-order valence-electron chi connectivity index (χ1n) is 10.0. The Labute approximate surface area is 187 Å². The zero-order chi connectivity index (χ0) is 23.0. The van der Waals surface area contributed by atoms with Crippen LogP contribution < -0.4 is 4.74 Å². The van der Waals surface area contributed by atoms with E-state index in [1.165, 1.54) is 12.1 Å². The van der Waals surface area contributed by atoms with Gasteiger partial charge in [0.25, 0.3) is 5.89 Å². The molecule has 0 spiro atoms. The fraction of sp³-hybridized carbons (Fsp3) is 0.318. The number of imidazole rings is 1. The first kappa shape index (κ1) is 22.1. The summed E-state index contributed by atoms with van der Waals surface area (Å²) in [6, 6.07) is 9.28. The summed E-state index contributed by atoms with van der Waals surface area (Å²) in [5.41, 5.74) is 2.91. The molecular formula is C22H20ClF3N4O2. The van der Waals surface area contributed by atoms with Gasteiger partial charge < -0.3 is 9.26 Å². The van der Waals surface area contributed by atoms with Gasteiger partial charge in [-0.25, -0.2) is 4.98 Å². The van der Waals surface area contributed by atoms with Gasteiger partial charge in [0.2, 0.25) is 0 Å². The molecule has 32 heavy (non-hydrogen) atoms. The van der Waals surface area contributed by atoms with E-state index in [1.54, 1.807) is 24.4 Å². The number of rotatable bonds is 6. The topological polar surface area (TPSA) is 65.5 Å². The molecule has 0 aliphatic rings. The molecule has 10 heteroatoms. The molecule has 1 atom stereocenters. The lowest BCUT2D eigenvalue weighted by atomic mass is 9.88. The number of aryl methyl sites for hydroxylation is 1. The maximum atomic E-state index is 12.5. The van der Waals surface area contributed by atoms with Crippen LogP contribution in [0.25, 0.3) is 17.2 Å². The molecule has 0 aliphatic heterocycles. The molecule has 0 radical (unpaired) electrons. The van der Waals surface area contributed by atoms with Gasteiger partial charge in [0.05, 0.1) is 10.7 Å². The Hall–Kier alpha value is -3.07. The van der Waals surface area contributed by atoms with E-state index in [0.717, 1.165) is 11.3 Å². The van der Waals surface area contributed by atoms with Crippen LogP contribution in [0.4, 0.5) is 13.2 Å². The zero-order valence-electron chi connectivity index (χ0n) is 17.5. The van der Waals surface area contributed by atoms with Crippen LogP contribution in [0.15, 0.2) is 47.1 Å². The quantitative estimate of drug-likeness (QED) is 0.335. The van der Waals surface area contributed by atoms with Crippen molar-refractivity contribution in [2.75, 3.05) is 0 Å². The molecule has 0 aliphatic carbocycles. The van der Waals surface area contributed by atoms with Crippen LogP contribution in [0, 0.1) is 5.92 Å². The van der Waals surface area contributed by atoms with Gasteiger partial charge in [0.1, 0.15) is 17.1 Å². The van der Waals surface area contributed by atoms with E-state index in [1.807, 2.05) is 31.2 Å². The number of nitrogens with zero attached hydrogens (tertiary/aromatic N) is 4. The molecule has 3 aromatic heterocycles. The minimum atomic E-state index is -4.74. The van der Waals surface area contributed by atoms with E-state index in [4.69, 9.17) is 16.1 Å². The predicted octanol–water partition coefficient (Wildman–Crippen LogP) is 6.29. The zero-order valence-corrected chi connectivity index (χ0v) is 18.3.